The highest BCUT2D eigenvalue weighted by Gasteiger charge is 2.27. The van der Waals surface area contributed by atoms with Crippen LogP contribution >= 0.6 is 0 Å². The number of alkyl carbamates (subject to hydrolysis) is 1. The minimum Gasteiger partial charge on any atom is -0.467 e. The molecule has 1 rings (SSSR count). The molecule has 0 spiro atoms. The van der Waals surface area contributed by atoms with Crippen molar-refractivity contribution in [1.82, 2.24) is 9.88 Å². The van der Waals surface area contributed by atoms with E-state index in [-0.39, 0.29) is 0 Å². The highest BCUT2D eigenvalue weighted by atomic mass is 16.6. The number of carbonyl (C=O) groups is 2. The molecular formula is C17H30N3O4+. The smallest absolute Gasteiger partial charge is 0.408 e. The predicted molar refractivity (Wildman–Crippen MR) is 89.4 cm³/mol. The van der Waals surface area contributed by atoms with Crippen LogP contribution in [0.4, 0.5) is 4.79 Å². The summed E-state index contributed by atoms with van der Waals surface area (Å²) >= 11 is 0. The van der Waals surface area contributed by atoms with Crippen LogP contribution in [-0.2, 0) is 34.3 Å². The van der Waals surface area contributed by atoms with E-state index in [2.05, 4.69) is 16.8 Å². The first kappa shape index (κ1) is 20.0. The first-order chi connectivity index (χ1) is 11.2. The van der Waals surface area contributed by atoms with Gasteiger partial charge in [0, 0.05) is 6.42 Å². The van der Waals surface area contributed by atoms with Gasteiger partial charge in [-0.05, 0) is 27.2 Å². The van der Waals surface area contributed by atoms with Crippen molar-refractivity contribution >= 4 is 12.1 Å². The molecule has 0 fully saturated rings. The molecule has 1 aromatic rings. The number of hydrogen-bond acceptors (Lipinski definition) is 4. The summed E-state index contributed by atoms with van der Waals surface area (Å²) in [5, 5.41) is 2.59. The summed E-state index contributed by atoms with van der Waals surface area (Å²) < 4.78 is 14.1. The van der Waals surface area contributed by atoms with Crippen molar-refractivity contribution in [2.45, 2.75) is 65.1 Å². The number of nitrogens with one attached hydrogen (secondary N) is 1. The van der Waals surface area contributed by atoms with Gasteiger partial charge in [0.05, 0.1) is 20.7 Å². The van der Waals surface area contributed by atoms with E-state index < -0.39 is 23.7 Å². The molecule has 0 radical (unpaired) electrons. The molecule has 24 heavy (non-hydrogen) atoms. The molecule has 0 aliphatic carbocycles. The lowest BCUT2D eigenvalue weighted by molar-refractivity contribution is -0.697. The van der Waals surface area contributed by atoms with Crippen molar-refractivity contribution in [3.63, 3.8) is 0 Å². The fourth-order valence-corrected chi connectivity index (χ4v) is 2.27. The Morgan fingerprint density at radius 2 is 2.04 bits per heavy atom. The summed E-state index contributed by atoms with van der Waals surface area (Å²) in [6, 6.07) is -0.793. The van der Waals surface area contributed by atoms with Gasteiger partial charge in [-0.15, -0.1) is 0 Å². The van der Waals surface area contributed by atoms with Crippen molar-refractivity contribution < 1.29 is 23.6 Å². The van der Waals surface area contributed by atoms with Gasteiger partial charge in [0.1, 0.15) is 23.5 Å². The zero-order valence-electron chi connectivity index (χ0n) is 15.6. The molecule has 1 amide bonds. The number of aromatic nitrogens is 2. The third-order valence-electron chi connectivity index (χ3n) is 3.45. The molecule has 1 atom stereocenters. The summed E-state index contributed by atoms with van der Waals surface area (Å²) in [7, 11) is 3.22. The second kappa shape index (κ2) is 8.70. The summed E-state index contributed by atoms with van der Waals surface area (Å²) in [4.78, 5) is 24.0. The van der Waals surface area contributed by atoms with Crippen molar-refractivity contribution in [3.8, 4) is 0 Å². The Labute approximate surface area is 143 Å². The van der Waals surface area contributed by atoms with Crippen molar-refractivity contribution in [3.05, 3.63) is 18.2 Å². The molecule has 0 aliphatic rings. The average Bonchev–Trinajstić information content (AvgIpc) is 2.81. The van der Waals surface area contributed by atoms with E-state index >= 15 is 0 Å². The van der Waals surface area contributed by atoms with Gasteiger partial charge in [-0.1, -0.05) is 13.3 Å². The lowest BCUT2D eigenvalue weighted by Crippen LogP contribution is -2.45. The van der Waals surface area contributed by atoms with Crippen molar-refractivity contribution in [1.29, 1.82) is 0 Å². The number of aryl methyl sites for hydroxylation is 2. The van der Waals surface area contributed by atoms with Crippen LogP contribution in [-0.4, -0.2) is 35.4 Å². The fraction of sp³-hybridized carbons (Fsp3) is 0.706. The predicted octanol–water partition coefficient (Wildman–Crippen LogP) is 1.72. The number of rotatable bonds is 7. The maximum atomic E-state index is 12.0. The van der Waals surface area contributed by atoms with E-state index in [1.165, 1.54) is 7.11 Å². The second-order valence-corrected chi connectivity index (χ2v) is 6.86. The van der Waals surface area contributed by atoms with Crippen LogP contribution in [0.15, 0.2) is 12.5 Å². The largest absolute Gasteiger partial charge is 0.467 e. The topological polar surface area (TPSA) is 73.4 Å². The summed E-state index contributed by atoms with van der Waals surface area (Å²) in [5.74, 6) is -0.498. The number of hydrogen-bond donors (Lipinski definition) is 1. The highest BCUT2D eigenvalue weighted by Crippen LogP contribution is 2.08. The molecule has 7 heteroatoms. The molecule has 0 aromatic carbocycles. The van der Waals surface area contributed by atoms with Gasteiger partial charge in [0.2, 0.25) is 6.33 Å². The maximum absolute atomic E-state index is 12.0. The van der Waals surface area contributed by atoms with Gasteiger partial charge < -0.3 is 14.8 Å². The standard InChI is InChI=1S/C17H29N3O4/c1-7-8-9-20-11-13(19(5)12-20)10-14(15(21)23-6)18-16(22)24-17(2,3)4/h11-12,14H,7-10H2,1-6H3/p+1/t14-/m0/s1. The summed E-state index contributed by atoms with van der Waals surface area (Å²) in [6.45, 7) is 8.38. The fourth-order valence-electron chi connectivity index (χ4n) is 2.27. The molecule has 1 aromatic heterocycles. The van der Waals surface area contributed by atoms with E-state index in [1.54, 1.807) is 20.8 Å². The molecule has 7 nitrogen and oxygen atoms in total. The monoisotopic (exact) mass is 340 g/mol. The van der Waals surface area contributed by atoms with Gasteiger partial charge in [0.25, 0.3) is 0 Å². The Hall–Kier alpha value is -2.05. The number of unbranched alkanes of at least 4 members (excludes halogenated alkanes) is 1. The van der Waals surface area contributed by atoms with Crippen LogP contribution in [0.1, 0.15) is 46.2 Å². The molecule has 0 saturated heterocycles. The quantitative estimate of drug-likeness (QED) is 0.606. The van der Waals surface area contributed by atoms with Gasteiger partial charge >= 0.3 is 12.1 Å². The van der Waals surface area contributed by atoms with Gasteiger partial charge in [-0.2, -0.15) is 0 Å². The number of nitrogens with zero attached hydrogens (tertiary/aromatic N) is 2. The molecule has 1 heterocycles. The number of methoxy groups -OCH3 is 1. The molecule has 0 unspecified atom stereocenters. The summed E-state index contributed by atoms with van der Waals surface area (Å²) in [5.41, 5.74) is 0.302. The Morgan fingerprint density at radius 3 is 2.58 bits per heavy atom. The number of ether oxygens (including phenoxy) is 2. The van der Waals surface area contributed by atoms with Gasteiger partial charge in [-0.25, -0.2) is 18.7 Å². The summed E-state index contributed by atoms with van der Waals surface area (Å²) in [6.07, 6.45) is 5.87. The second-order valence-electron chi connectivity index (χ2n) is 6.86. The van der Waals surface area contributed by atoms with Crippen LogP contribution in [0.2, 0.25) is 0 Å². The van der Waals surface area contributed by atoms with E-state index in [4.69, 9.17) is 9.47 Å². The molecular weight excluding hydrogens is 310 g/mol. The number of imidazole rings is 1. The molecule has 0 bridgehead atoms. The number of carbonyl (C=O) groups excluding carboxylic acids is 2. The normalized spacial score (nSPS) is 12.6. The zero-order valence-corrected chi connectivity index (χ0v) is 15.6. The van der Waals surface area contributed by atoms with Crippen LogP contribution < -0.4 is 9.88 Å². The van der Waals surface area contributed by atoms with Crippen LogP contribution in [0, 0.1) is 0 Å². The third-order valence-corrected chi connectivity index (χ3v) is 3.45. The van der Waals surface area contributed by atoms with Crippen LogP contribution in [0.3, 0.4) is 0 Å². The lowest BCUT2D eigenvalue weighted by atomic mass is 10.1. The Morgan fingerprint density at radius 1 is 1.38 bits per heavy atom. The Balaban J connectivity index is 2.81. The van der Waals surface area contributed by atoms with Gasteiger partial charge in [-0.3, -0.25) is 0 Å². The molecule has 136 valence electrons. The molecule has 1 N–H and O–H groups in total. The van der Waals surface area contributed by atoms with E-state index in [9.17, 15) is 9.59 Å². The van der Waals surface area contributed by atoms with Crippen molar-refractivity contribution in [2.75, 3.05) is 7.11 Å². The minimum atomic E-state index is -0.793. The number of esters is 1. The molecule has 0 aliphatic heterocycles. The van der Waals surface area contributed by atoms with Crippen molar-refractivity contribution in [2.24, 2.45) is 7.05 Å². The Kier molecular flexibility index (Phi) is 7.25. The van der Waals surface area contributed by atoms with Crippen LogP contribution in [0.25, 0.3) is 0 Å². The minimum absolute atomic E-state index is 0.335. The average molecular weight is 340 g/mol. The highest BCUT2D eigenvalue weighted by molar-refractivity contribution is 5.81. The van der Waals surface area contributed by atoms with E-state index in [1.807, 2.05) is 24.1 Å². The maximum Gasteiger partial charge on any atom is 0.408 e. The SMILES string of the molecule is CCCC[n+]1cc(C[C@H](NC(=O)OC(C)(C)C)C(=O)OC)n(C)c1. The first-order valence-corrected chi connectivity index (χ1v) is 8.28. The molecule has 0 saturated carbocycles. The third kappa shape index (κ3) is 6.60. The first-order valence-electron chi connectivity index (χ1n) is 8.28. The van der Waals surface area contributed by atoms with Crippen LogP contribution in [0.5, 0.6) is 0 Å². The number of amides is 1. The zero-order chi connectivity index (χ0) is 18.3. The van der Waals surface area contributed by atoms with E-state index in [0.29, 0.717) is 6.42 Å². The van der Waals surface area contributed by atoms with E-state index in [0.717, 1.165) is 25.1 Å². The van der Waals surface area contributed by atoms with Gasteiger partial charge in [0.15, 0.2) is 0 Å². The Bertz CT molecular complexity index is 561. The lowest BCUT2D eigenvalue weighted by Gasteiger charge is -2.22.